The van der Waals surface area contributed by atoms with Gasteiger partial charge in [0.15, 0.2) is 12.4 Å². The summed E-state index contributed by atoms with van der Waals surface area (Å²) in [5, 5.41) is 0. The van der Waals surface area contributed by atoms with Crippen molar-refractivity contribution in [3.8, 4) is 0 Å². The number of pyridine rings is 1. The van der Waals surface area contributed by atoms with E-state index in [9.17, 15) is 0 Å². The lowest BCUT2D eigenvalue weighted by molar-refractivity contribution is -0.693. The first-order valence-corrected chi connectivity index (χ1v) is 8.77. The first-order valence-electron chi connectivity index (χ1n) is 8.77. The molecule has 0 atom stereocenters. The summed E-state index contributed by atoms with van der Waals surface area (Å²) in [6.45, 7) is 4.06. The van der Waals surface area contributed by atoms with Crippen LogP contribution in [0.3, 0.4) is 0 Å². The number of anilines is 1. The average molecular weight is 329 g/mol. The Morgan fingerprint density at radius 3 is 2.00 bits per heavy atom. The van der Waals surface area contributed by atoms with Crippen molar-refractivity contribution in [2.45, 2.75) is 20.0 Å². The van der Waals surface area contributed by atoms with Gasteiger partial charge >= 0.3 is 0 Å². The Kier molecular flexibility index (Phi) is 5.63. The maximum absolute atomic E-state index is 2.27. The molecule has 1 aromatic heterocycles. The van der Waals surface area contributed by atoms with Gasteiger partial charge in [-0.05, 0) is 35.7 Å². The number of aryl methyl sites for hydroxylation is 1. The van der Waals surface area contributed by atoms with E-state index in [-0.39, 0.29) is 0 Å². The van der Waals surface area contributed by atoms with Crippen LogP contribution in [0.4, 0.5) is 5.69 Å². The summed E-state index contributed by atoms with van der Waals surface area (Å²) in [5.74, 6) is 0. The monoisotopic (exact) mass is 329 g/mol. The summed E-state index contributed by atoms with van der Waals surface area (Å²) in [6.07, 6.45) is 8.54. The van der Waals surface area contributed by atoms with Gasteiger partial charge in [-0.15, -0.1) is 0 Å². The van der Waals surface area contributed by atoms with Crippen LogP contribution in [0.5, 0.6) is 0 Å². The summed E-state index contributed by atoms with van der Waals surface area (Å²) >= 11 is 0. The van der Waals surface area contributed by atoms with E-state index in [2.05, 4.69) is 115 Å². The molecule has 2 heteroatoms. The zero-order valence-corrected chi connectivity index (χ0v) is 15.0. The SMILES string of the molecule is CC[n+]1ccc(/C=C/c2ccc(N(C)Cc3ccccc3)cc2)cc1. The minimum Gasteiger partial charge on any atom is -0.370 e. The van der Waals surface area contributed by atoms with E-state index < -0.39 is 0 Å². The van der Waals surface area contributed by atoms with Crippen molar-refractivity contribution in [3.05, 3.63) is 95.8 Å². The van der Waals surface area contributed by atoms with Crippen LogP contribution in [0.15, 0.2) is 79.1 Å². The zero-order chi connectivity index (χ0) is 17.5. The van der Waals surface area contributed by atoms with Gasteiger partial charge in [0.05, 0.1) is 0 Å². The second kappa shape index (κ2) is 8.29. The molecule has 126 valence electrons. The van der Waals surface area contributed by atoms with Gasteiger partial charge < -0.3 is 4.90 Å². The van der Waals surface area contributed by atoms with Crippen LogP contribution in [-0.4, -0.2) is 7.05 Å². The van der Waals surface area contributed by atoms with Crippen LogP contribution in [0, 0.1) is 0 Å². The van der Waals surface area contributed by atoms with Crippen molar-refractivity contribution in [2.75, 3.05) is 11.9 Å². The summed E-state index contributed by atoms with van der Waals surface area (Å²) < 4.78 is 2.16. The van der Waals surface area contributed by atoms with Crippen molar-refractivity contribution < 1.29 is 4.57 Å². The van der Waals surface area contributed by atoms with Crippen LogP contribution in [0.25, 0.3) is 12.2 Å². The van der Waals surface area contributed by atoms with Gasteiger partial charge in [-0.25, -0.2) is 4.57 Å². The molecular formula is C23H25N2+. The lowest BCUT2D eigenvalue weighted by Gasteiger charge is -2.19. The molecule has 25 heavy (non-hydrogen) atoms. The number of nitrogens with zero attached hydrogens (tertiary/aromatic N) is 2. The molecule has 2 aromatic carbocycles. The highest BCUT2D eigenvalue weighted by atomic mass is 15.1. The minimum atomic E-state index is 0.914. The summed E-state index contributed by atoms with van der Waals surface area (Å²) in [7, 11) is 2.13. The molecule has 0 aliphatic heterocycles. The summed E-state index contributed by atoms with van der Waals surface area (Å²) in [5.41, 5.74) is 4.98. The van der Waals surface area contributed by atoms with Crippen LogP contribution in [0.2, 0.25) is 0 Å². The largest absolute Gasteiger partial charge is 0.370 e. The number of hydrogen-bond donors (Lipinski definition) is 0. The molecule has 0 unspecified atom stereocenters. The van der Waals surface area contributed by atoms with Crippen molar-refractivity contribution in [2.24, 2.45) is 0 Å². The van der Waals surface area contributed by atoms with Crippen molar-refractivity contribution in [3.63, 3.8) is 0 Å². The Morgan fingerprint density at radius 1 is 0.800 bits per heavy atom. The first kappa shape index (κ1) is 17.0. The fraction of sp³-hybridized carbons (Fsp3) is 0.174. The summed E-state index contributed by atoms with van der Waals surface area (Å²) in [4.78, 5) is 2.27. The van der Waals surface area contributed by atoms with Gasteiger partial charge in [0.2, 0.25) is 0 Å². The lowest BCUT2D eigenvalue weighted by Crippen LogP contribution is -2.30. The Hall–Kier alpha value is -2.87. The Morgan fingerprint density at radius 2 is 1.40 bits per heavy atom. The molecule has 0 N–H and O–H groups in total. The molecule has 3 aromatic rings. The topological polar surface area (TPSA) is 7.12 Å². The molecule has 0 saturated heterocycles. The third-order valence-corrected chi connectivity index (χ3v) is 4.35. The van der Waals surface area contributed by atoms with Gasteiger partial charge in [-0.2, -0.15) is 0 Å². The fourth-order valence-electron chi connectivity index (χ4n) is 2.77. The molecule has 2 nitrogen and oxygen atoms in total. The molecule has 0 fully saturated rings. The quantitative estimate of drug-likeness (QED) is 0.589. The van der Waals surface area contributed by atoms with E-state index in [0.717, 1.165) is 13.1 Å². The molecule has 0 aliphatic rings. The molecule has 0 bridgehead atoms. The summed E-state index contributed by atoms with van der Waals surface area (Å²) in [6, 6.07) is 23.5. The lowest BCUT2D eigenvalue weighted by atomic mass is 10.1. The third kappa shape index (κ3) is 4.80. The molecule has 0 aliphatic carbocycles. The fourth-order valence-corrected chi connectivity index (χ4v) is 2.77. The van der Waals surface area contributed by atoms with E-state index in [1.54, 1.807) is 0 Å². The smallest absolute Gasteiger partial charge is 0.169 e. The van der Waals surface area contributed by atoms with E-state index >= 15 is 0 Å². The molecule has 3 rings (SSSR count). The third-order valence-electron chi connectivity index (χ3n) is 4.35. The average Bonchev–Trinajstić information content (AvgIpc) is 2.68. The van der Waals surface area contributed by atoms with E-state index in [1.165, 1.54) is 22.4 Å². The maximum atomic E-state index is 2.27. The van der Waals surface area contributed by atoms with Crippen molar-refractivity contribution >= 4 is 17.8 Å². The molecule has 0 saturated carbocycles. The first-order chi connectivity index (χ1) is 12.2. The molecule has 0 spiro atoms. The maximum Gasteiger partial charge on any atom is 0.169 e. The molecular weight excluding hydrogens is 304 g/mol. The predicted octanol–water partition coefficient (Wildman–Crippen LogP) is 4.80. The number of benzene rings is 2. The van der Waals surface area contributed by atoms with Gasteiger partial charge in [-0.3, -0.25) is 0 Å². The Balaban J connectivity index is 1.64. The van der Waals surface area contributed by atoms with Gasteiger partial charge in [0, 0.05) is 31.4 Å². The van der Waals surface area contributed by atoms with E-state index in [4.69, 9.17) is 0 Å². The van der Waals surface area contributed by atoms with Crippen LogP contribution < -0.4 is 9.47 Å². The van der Waals surface area contributed by atoms with Crippen LogP contribution in [0.1, 0.15) is 23.6 Å². The second-order valence-electron chi connectivity index (χ2n) is 6.23. The molecule has 0 radical (unpaired) electrons. The predicted molar refractivity (Wildman–Crippen MR) is 106 cm³/mol. The van der Waals surface area contributed by atoms with Gasteiger partial charge in [0.25, 0.3) is 0 Å². The number of rotatable bonds is 6. The van der Waals surface area contributed by atoms with E-state index in [0.29, 0.717) is 0 Å². The Labute approximate surface area is 150 Å². The van der Waals surface area contributed by atoms with Crippen LogP contribution >= 0.6 is 0 Å². The second-order valence-corrected chi connectivity index (χ2v) is 6.23. The Bertz CT molecular complexity index is 803. The highest BCUT2D eigenvalue weighted by Crippen LogP contribution is 2.17. The highest BCUT2D eigenvalue weighted by Gasteiger charge is 2.01. The van der Waals surface area contributed by atoms with Gasteiger partial charge in [-0.1, -0.05) is 54.6 Å². The number of hydrogen-bond acceptors (Lipinski definition) is 1. The van der Waals surface area contributed by atoms with Crippen LogP contribution in [-0.2, 0) is 13.1 Å². The molecule has 1 heterocycles. The minimum absolute atomic E-state index is 0.914. The zero-order valence-electron chi connectivity index (χ0n) is 15.0. The van der Waals surface area contributed by atoms with E-state index in [1.807, 2.05) is 0 Å². The van der Waals surface area contributed by atoms with Crippen molar-refractivity contribution in [1.29, 1.82) is 0 Å². The van der Waals surface area contributed by atoms with Gasteiger partial charge in [0.1, 0.15) is 6.54 Å². The number of aromatic nitrogens is 1. The standard InChI is InChI=1S/C23H25N2/c1-3-25-17-15-21(16-18-25)10-9-20-11-13-23(14-12-20)24(2)19-22-7-5-4-6-8-22/h4-18H,3,19H2,1-2H3/q+1. The highest BCUT2D eigenvalue weighted by molar-refractivity contribution is 5.70. The van der Waals surface area contributed by atoms with Crippen molar-refractivity contribution in [1.82, 2.24) is 0 Å². The molecule has 0 amide bonds. The normalized spacial score (nSPS) is 11.0.